The normalized spacial score (nSPS) is 18.0. The lowest BCUT2D eigenvalue weighted by atomic mass is 10.00. The van der Waals surface area contributed by atoms with Crippen molar-refractivity contribution in [1.82, 2.24) is 4.90 Å². The van der Waals surface area contributed by atoms with E-state index in [1.165, 1.54) is 19.3 Å². The lowest BCUT2D eigenvalue weighted by molar-refractivity contribution is -0.122. The van der Waals surface area contributed by atoms with Crippen LogP contribution in [0.3, 0.4) is 0 Å². The molecule has 1 fully saturated rings. The molecule has 0 spiro atoms. The van der Waals surface area contributed by atoms with Crippen molar-refractivity contribution >= 4 is 11.6 Å². The fraction of sp³-hybridized carbons (Fsp3) is 0.650. The summed E-state index contributed by atoms with van der Waals surface area (Å²) in [4.78, 5) is 15.1. The zero-order valence-electron chi connectivity index (χ0n) is 15.6. The molecule has 1 aliphatic rings. The van der Waals surface area contributed by atoms with E-state index in [-0.39, 0.29) is 11.9 Å². The number of unbranched alkanes of at least 4 members (excludes halogenated alkanes) is 1. The van der Waals surface area contributed by atoms with E-state index in [1.54, 1.807) is 0 Å². The Balaban J connectivity index is 0.00000127. The van der Waals surface area contributed by atoms with Crippen molar-refractivity contribution in [3.63, 3.8) is 0 Å². The van der Waals surface area contributed by atoms with Gasteiger partial charge in [0.25, 0.3) is 0 Å². The summed E-state index contributed by atoms with van der Waals surface area (Å²) in [7, 11) is 0. The fourth-order valence-electron chi connectivity index (χ4n) is 3.13. The van der Waals surface area contributed by atoms with E-state index in [0.717, 1.165) is 42.7 Å². The van der Waals surface area contributed by atoms with Gasteiger partial charge in [0.2, 0.25) is 5.91 Å². The van der Waals surface area contributed by atoms with Gasteiger partial charge in [0, 0.05) is 5.69 Å². The summed E-state index contributed by atoms with van der Waals surface area (Å²) < 4.78 is 0. The number of hydrogen-bond donors (Lipinski definition) is 1. The molecule has 1 aromatic rings. The van der Waals surface area contributed by atoms with Crippen molar-refractivity contribution in [3.05, 3.63) is 29.3 Å². The standard InChI is InChI=1S/C18H28N2O.C2H6/c1-4-5-12-20-13-7-6-11-16(20)18(21)19-17-14(2)9-8-10-15(17)3;1-2/h8-10,16H,4-7,11-13H2,1-3H3,(H,19,21);1-2H3. The summed E-state index contributed by atoms with van der Waals surface area (Å²) in [5.41, 5.74) is 3.27. The van der Waals surface area contributed by atoms with Gasteiger partial charge in [-0.25, -0.2) is 0 Å². The molecule has 1 amide bonds. The first-order valence-corrected chi connectivity index (χ1v) is 9.24. The zero-order valence-corrected chi connectivity index (χ0v) is 15.6. The highest BCUT2D eigenvalue weighted by Crippen LogP contribution is 2.23. The minimum absolute atomic E-state index is 0.0457. The van der Waals surface area contributed by atoms with Crippen molar-refractivity contribution in [2.24, 2.45) is 0 Å². The average Bonchev–Trinajstić information content (AvgIpc) is 2.58. The average molecular weight is 319 g/mol. The SMILES string of the molecule is CC.CCCCN1CCCCC1C(=O)Nc1c(C)cccc1C. The number of benzene rings is 1. The van der Waals surface area contributed by atoms with Crippen molar-refractivity contribution < 1.29 is 4.79 Å². The third-order valence-electron chi connectivity index (χ3n) is 4.44. The van der Waals surface area contributed by atoms with Gasteiger partial charge in [-0.15, -0.1) is 0 Å². The third kappa shape index (κ3) is 5.65. The van der Waals surface area contributed by atoms with Gasteiger partial charge >= 0.3 is 0 Å². The maximum absolute atomic E-state index is 12.7. The smallest absolute Gasteiger partial charge is 0.241 e. The monoisotopic (exact) mass is 318 g/mol. The summed E-state index contributed by atoms with van der Waals surface area (Å²) in [5, 5.41) is 3.17. The number of nitrogens with one attached hydrogen (secondary N) is 1. The predicted molar refractivity (Wildman–Crippen MR) is 100 cm³/mol. The van der Waals surface area contributed by atoms with Crippen molar-refractivity contribution in [1.29, 1.82) is 0 Å². The molecule has 3 heteroatoms. The first-order valence-electron chi connectivity index (χ1n) is 9.24. The maximum Gasteiger partial charge on any atom is 0.241 e. The molecule has 1 N–H and O–H groups in total. The number of para-hydroxylation sites is 1. The van der Waals surface area contributed by atoms with Gasteiger partial charge in [0.05, 0.1) is 6.04 Å². The Labute approximate surface area is 142 Å². The highest BCUT2D eigenvalue weighted by Gasteiger charge is 2.28. The Bertz CT molecular complexity index is 464. The Morgan fingerprint density at radius 3 is 2.48 bits per heavy atom. The number of piperidine rings is 1. The number of aryl methyl sites for hydroxylation is 2. The molecule has 0 radical (unpaired) electrons. The number of nitrogens with zero attached hydrogens (tertiary/aromatic N) is 1. The lowest BCUT2D eigenvalue weighted by Crippen LogP contribution is -2.47. The van der Waals surface area contributed by atoms with E-state index in [0.29, 0.717) is 0 Å². The lowest BCUT2D eigenvalue weighted by Gasteiger charge is -2.34. The maximum atomic E-state index is 12.7. The molecule has 3 nitrogen and oxygen atoms in total. The number of carbonyl (C=O) groups excluding carboxylic acids is 1. The number of anilines is 1. The minimum atomic E-state index is 0.0457. The molecule has 0 aliphatic carbocycles. The number of rotatable bonds is 5. The Hall–Kier alpha value is -1.35. The Morgan fingerprint density at radius 1 is 1.22 bits per heavy atom. The fourth-order valence-corrected chi connectivity index (χ4v) is 3.13. The molecule has 1 atom stereocenters. The molecule has 1 aliphatic heterocycles. The quantitative estimate of drug-likeness (QED) is 0.835. The molecule has 2 rings (SSSR count). The van der Waals surface area contributed by atoms with Crippen molar-refractivity contribution in [3.8, 4) is 0 Å². The van der Waals surface area contributed by atoms with E-state index in [4.69, 9.17) is 0 Å². The third-order valence-corrected chi connectivity index (χ3v) is 4.44. The molecule has 1 saturated heterocycles. The molecular weight excluding hydrogens is 284 g/mol. The molecule has 0 aromatic heterocycles. The van der Waals surface area contributed by atoms with Crippen LogP contribution in [0.1, 0.15) is 64.0 Å². The second-order valence-corrected chi connectivity index (χ2v) is 6.16. The number of carbonyl (C=O) groups is 1. The van der Waals surface area contributed by atoms with E-state index >= 15 is 0 Å². The topological polar surface area (TPSA) is 32.3 Å². The Morgan fingerprint density at radius 2 is 1.87 bits per heavy atom. The second-order valence-electron chi connectivity index (χ2n) is 6.16. The number of amides is 1. The molecule has 1 heterocycles. The van der Waals surface area contributed by atoms with Gasteiger partial charge in [-0.1, -0.05) is 51.8 Å². The highest BCUT2D eigenvalue weighted by molar-refractivity contribution is 5.96. The van der Waals surface area contributed by atoms with Crippen LogP contribution < -0.4 is 5.32 Å². The summed E-state index contributed by atoms with van der Waals surface area (Å²) in [6.45, 7) is 12.4. The van der Waals surface area contributed by atoms with Crippen LogP contribution >= 0.6 is 0 Å². The molecule has 0 bridgehead atoms. The van der Waals surface area contributed by atoms with Crippen LogP contribution in [0.2, 0.25) is 0 Å². The Kier molecular flexibility index (Phi) is 8.93. The van der Waals surface area contributed by atoms with Crippen LogP contribution in [0, 0.1) is 13.8 Å². The van der Waals surface area contributed by atoms with Crippen molar-refractivity contribution in [2.45, 2.75) is 72.8 Å². The van der Waals surface area contributed by atoms with Crippen LogP contribution in [0.15, 0.2) is 18.2 Å². The predicted octanol–water partition coefficient (Wildman–Crippen LogP) is 4.92. The first-order chi connectivity index (χ1) is 11.1. The molecule has 23 heavy (non-hydrogen) atoms. The van der Waals surface area contributed by atoms with Crippen LogP contribution in [0.4, 0.5) is 5.69 Å². The van der Waals surface area contributed by atoms with Gasteiger partial charge in [-0.2, -0.15) is 0 Å². The highest BCUT2D eigenvalue weighted by atomic mass is 16.2. The molecule has 1 unspecified atom stereocenters. The molecule has 130 valence electrons. The van der Waals surface area contributed by atoms with Crippen molar-refractivity contribution in [2.75, 3.05) is 18.4 Å². The number of likely N-dealkylation sites (tertiary alicyclic amines) is 1. The van der Waals surface area contributed by atoms with Crippen LogP contribution in [-0.2, 0) is 4.79 Å². The van der Waals surface area contributed by atoms with Gasteiger partial charge < -0.3 is 5.32 Å². The number of hydrogen-bond acceptors (Lipinski definition) is 2. The molecule has 1 aromatic carbocycles. The van der Waals surface area contributed by atoms with Gasteiger partial charge in [-0.05, 0) is 57.3 Å². The zero-order chi connectivity index (χ0) is 17.2. The van der Waals surface area contributed by atoms with Gasteiger partial charge in [0.1, 0.15) is 0 Å². The van der Waals surface area contributed by atoms with Crippen LogP contribution in [0.25, 0.3) is 0 Å². The summed E-state index contributed by atoms with van der Waals surface area (Å²) >= 11 is 0. The minimum Gasteiger partial charge on any atom is -0.324 e. The molecule has 0 saturated carbocycles. The summed E-state index contributed by atoms with van der Waals surface area (Å²) in [5.74, 6) is 0.170. The van der Waals surface area contributed by atoms with Crippen LogP contribution in [0.5, 0.6) is 0 Å². The summed E-state index contributed by atoms with van der Waals surface area (Å²) in [6.07, 6.45) is 5.72. The summed E-state index contributed by atoms with van der Waals surface area (Å²) in [6, 6.07) is 6.19. The van der Waals surface area contributed by atoms with E-state index in [1.807, 2.05) is 19.9 Å². The molecular formula is C20H34N2O. The van der Waals surface area contributed by atoms with E-state index in [9.17, 15) is 4.79 Å². The van der Waals surface area contributed by atoms with Gasteiger partial charge in [0.15, 0.2) is 0 Å². The van der Waals surface area contributed by atoms with E-state index < -0.39 is 0 Å². The van der Waals surface area contributed by atoms with Crippen LogP contribution in [-0.4, -0.2) is 29.9 Å². The van der Waals surface area contributed by atoms with E-state index in [2.05, 4.69) is 43.1 Å². The van der Waals surface area contributed by atoms with Gasteiger partial charge in [-0.3, -0.25) is 9.69 Å². The largest absolute Gasteiger partial charge is 0.324 e. The second kappa shape index (κ2) is 10.4. The first kappa shape index (κ1) is 19.7.